The number of nitrogens with one attached hydrogen (secondary N) is 3. The van der Waals surface area contributed by atoms with Crippen molar-refractivity contribution in [3.63, 3.8) is 0 Å². The van der Waals surface area contributed by atoms with Crippen LogP contribution in [-0.4, -0.2) is 55.0 Å². The lowest BCUT2D eigenvalue weighted by Crippen LogP contribution is -2.48. The van der Waals surface area contributed by atoms with Crippen molar-refractivity contribution in [2.24, 2.45) is 4.99 Å². The molecule has 0 aromatic heterocycles. The van der Waals surface area contributed by atoms with Gasteiger partial charge in [0.2, 0.25) is 5.91 Å². The number of hydrogen-bond donors (Lipinski definition) is 3. The van der Waals surface area contributed by atoms with Gasteiger partial charge in [-0.1, -0.05) is 43.2 Å². The SMILES string of the molecule is CCNC(=NCC1(NC(C)c2ccccc2)CCCC1)NCCCN1CCCC1=O.I. The number of carbonyl (C=O) groups is 1. The third-order valence-corrected chi connectivity index (χ3v) is 6.34. The third kappa shape index (κ3) is 7.93. The Morgan fingerprint density at radius 1 is 1.16 bits per heavy atom. The Morgan fingerprint density at radius 2 is 1.90 bits per heavy atom. The Bertz CT molecular complexity index is 690. The highest BCUT2D eigenvalue weighted by Gasteiger charge is 2.35. The van der Waals surface area contributed by atoms with Gasteiger partial charge in [-0.25, -0.2) is 0 Å². The number of hydrogen-bond acceptors (Lipinski definition) is 3. The van der Waals surface area contributed by atoms with Gasteiger partial charge < -0.3 is 20.9 Å². The predicted molar refractivity (Wildman–Crippen MR) is 139 cm³/mol. The zero-order valence-corrected chi connectivity index (χ0v) is 21.5. The van der Waals surface area contributed by atoms with Crippen LogP contribution in [0.3, 0.4) is 0 Å². The molecule has 1 unspecified atom stereocenters. The van der Waals surface area contributed by atoms with Crippen LogP contribution in [0.5, 0.6) is 0 Å². The van der Waals surface area contributed by atoms with E-state index in [4.69, 9.17) is 4.99 Å². The smallest absolute Gasteiger partial charge is 0.222 e. The van der Waals surface area contributed by atoms with E-state index in [1.807, 2.05) is 4.90 Å². The fraction of sp³-hybridized carbons (Fsp3) is 0.667. The number of amides is 1. The first-order valence-corrected chi connectivity index (χ1v) is 11.7. The van der Waals surface area contributed by atoms with Crippen molar-refractivity contribution in [1.82, 2.24) is 20.9 Å². The molecule has 3 N–H and O–H groups in total. The van der Waals surface area contributed by atoms with Crippen molar-refractivity contribution in [2.45, 2.75) is 70.4 Å². The van der Waals surface area contributed by atoms with Crippen molar-refractivity contribution < 1.29 is 4.79 Å². The molecule has 3 rings (SSSR count). The molecule has 1 aliphatic carbocycles. The molecule has 1 heterocycles. The van der Waals surface area contributed by atoms with Crippen molar-refractivity contribution in [2.75, 3.05) is 32.7 Å². The number of benzene rings is 1. The summed E-state index contributed by atoms with van der Waals surface area (Å²) in [5.74, 6) is 1.18. The maximum atomic E-state index is 11.7. The lowest BCUT2D eigenvalue weighted by atomic mass is 9.95. The first kappa shape index (κ1) is 25.9. The molecule has 0 bridgehead atoms. The Labute approximate surface area is 205 Å². The minimum atomic E-state index is 0. The molecule has 1 aromatic carbocycles. The number of guanidine groups is 1. The van der Waals surface area contributed by atoms with E-state index in [2.05, 4.69) is 60.1 Å². The molecule has 1 amide bonds. The molecule has 0 radical (unpaired) electrons. The highest BCUT2D eigenvalue weighted by molar-refractivity contribution is 14.0. The highest BCUT2D eigenvalue weighted by Crippen LogP contribution is 2.32. The molecule has 0 spiro atoms. The second-order valence-corrected chi connectivity index (χ2v) is 8.72. The molecule has 1 saturated heterocycles. The van der Waals surface area contributed by atoms with Gasteiger partial charge in [0, 0.05) is 44.2 Å². The summed E-state index contributed by atoms with van der Waals surface area (Å²) in [6.07, 6.45) is 7.54. The molecule has 1 atom stereocenters. The van der Waals surface area contributed by atoms with E-state index in [1.165, 1.54) is 31.2 Å². The average molecular weight is 542 g/mol. The van der Waals surface area contributed by atoms with Crippen molar-refractivity contribution in [1.29, 1.82) is 0 Å². The molecular weight excluding hydrogens is 501 g/mol. The van der Waals surface area contributed by atoms with E-state index in [9.17, 15) is 4.79 Å². The van der Waals surface area contributed by atoms with Crippen molar-refractivity contribution in [3.05, 3.63) is 35.9 Å². The van der Waals surface area contributed by atoms with E-state index >= 15 is 0 Å². The fourth-order valence-electron chi connectivity index (χ4n) is 4.67. The van der Waals surface area contributed by atoms with Gasteiger partial charge in [0.25, 0.3) is 0 Å². The van der Waals surface area contributed by atoms with E-state index < -0.39 is 0 Å². The number of halogens is 1. The normalized spacial score (nSPS) is 19.2. The third-order valence-electron chi connectivity index (χ3n) is 6.34. The number of rotatable bonds is 10. The molecule has 1 aliphatic heterocycles. The van der Waals surface area contributed by atoms with Crippen LogP contribution in [0.25, 0.3) is 0 Å². The van der Waals surface area contributed by atoms with E-state index in [0.717, 1.165) is 51.5 Å². The first-order valence-electron chi connectivity index (χ1n) is 11.7. The summed E-state index contributed by atoms with van der Waals surface area (Å²) in [5.41, 5.74) is 1.40. The maximum absolute atomic E-state index is 11.7. The van der Waals surface area contributed by atoms with E-state index in [1.54, 1.807) is 0 Å². The zero-order chi connectivity index (χ0) is 21.2. The number of nitrogens with zero attached hydrogens (tertiary/aromatic N) is 2. The summed E-state index contributed by atoms with van der Waals surface area (Å²) in [6.45, 7) is 8.56. The maximum Gasteiger partial charge on any atom is 0.222 e. The molecule has 7 heteroatoms. The molecular formula is C24H40IN5O. The summed E-state index contributed by atoms with van der Waals surface area (Å²) < 4.78 is 0. The average Bonchev–Trinajstić information content (AvgIpc) is 3.39. The quantitative estimate of drug-likeness (QED) is 0.182. The standard InChI is InChI=1S/C24H39N5O.HI/c1-3-25-23(26-16-10-18-29-17-9-13-22(29)30)27-19-24(14-7-8-15-24)28-20(2)21-11-5-4-6-12-21;/h4-6,11-12,20,28H,3,7-10,13-19H2,1-2H3,(H2,25,26,27);1H. The monoisotopic (exact) mass is 541 g/mol. The lowest BCUT2D eigenvalue weighted by molar-refractivity contribution is -0.127. The van der Waals surface area contributed by atoms with E-state index in [-0.39, 0.29) is 29.5 Å². The van der Waals surface area contributed by atoms with Crippen LogP contribution in [0, 0.1) is 0 Å². The number of aliphatic imine (C=N–C) groups is 1. The second-order valence-electron chi connectivity index (χ2n) is 8.72. The second kappa shape index (κ2) is 13.3. The topological polar surface area (TPSA) is 68.8 Å². The first-order chi connectivity index (χ1) is 14.6. The molecule has 2 aliphatic rings. The van der Waals surface area contributed by atoms with Gasteiger partial charge in [0.05, 0.1) is 6.54 Å². The van der Waals surface area contributed by atoms with Gasteiger partial charge in [0.15, 0.2) is 5.96 Å². The number of carbonyl (C=O) groups excluding carboxylic acids is 1. The molecule has 6 nitrogen and oxygen atoms in total. The van der Waals surface area contributed by atoms with E-state index in [0.29, 0.717) is 18.4 Å². The molecule has 1 aromatic rings. The van der Waals surface area contributed by atoms with Gasteiger partial charge in [-0.3, -0.25) is 9.79 Å². The molecule has 31 heavy (non-hydrogen) atoms. The van der Waals surface area contributed by atoms with Crippen LogP contribution in [0.1, 0.15) is 70.4 Å². The van der Waals surface area contributed by atoms with Gasteiger partial charge >= 0.3 is 0 Å². The van der Waals surface area contributed by atoms with Crippen LogP contribution in [0.2, 0.25) is 0 Å². The Hall–Kier alpha value is -1.35. The van der Waals surface area contributed by atoms with Crippen LogP contribution in [-0.2, 0) is 4.79 Å². The van der Waals surface area contributed by atoms with Crippen LogP contribution in [0.15, 0.2) is 35.3 Å². The summed E-state index contributed by atoms with van der Waals surface area (Å²) in [7, 11) is 0. The molecule has 2 fully saturated rings. The van der Waals surface area contributed by atoms with Crippen molar-refractivity contribution >= 4 is 35.8 Å². The minimum absolute atomic E-state index is 0. The zero-order valence-electron chi connectivity index (χ0n) is 19.2. The highest BCUT2D eigenvalue weighted by atomic mass is 127. The van der Waals surface area contributed by atoms with Crippen LogP contribution in [0.4, 0.5) is 0 Å². The Balaban J connectivity index is 0.00000341. The summed E-state index contributed by atoms with van der Waals surface area (Å²) in [4.78, 5) is 18.7. The van der Waals surface area contributed by atoms with Crippen LogP contribution < -0.4 is 16.0 Å². The largest absolute Gasteiger partial charge is 0.357 e. The minimum Gasteiger partial charge on any atom is -0.357 e. The predicted octanol–water partition coefficient (Wildman–Crippen LogP) is 3.84. The Morgan fingerprint density at radius 3 is 2.55 bits per heavy atom. The summed E-state index contributed by atoms with van der Waals surface area (Å²) >= 11 is 0. The fourth-order valence-corrected chi connectivity index (χ4v) is 4.67. The van der Waals surface area contributed by atoms with Gasteiger partial charge in [-0.15, -0.1) is 24.0 Å². The molecule has 174 valence electrons. The summed E-state index contributed by atoms with van der Waals surface area (Å²) in [5, 5.41) is 10.7. The lowest BCUT2D eigenvalue weighted by Gasteiger charge is -2.33. The number of likely N-dealkylation sites (tertiary alicyclic amines) is 1. The molecule has 1 saturated carbocycles. The van der Waals surface area contributed by atoms with Gasteiger partial charge in [-0.2, -0.15) is 0 Å². The van der Waals surface area contributed by atoms with Crippen molar-refractivity contribution in [3.8, 4) is 0 Å². The Kier molecular flexibility index (Phi) is 11.1. The summed E-state index contributed by atoms with van der Waals surface area (Å²) in [6, 6.07) is 11.0. The van der Waals surface area contributed by atoms with Gasteiger partial charge in [-0.05, 0) is 45.1 Å². The van der Waals surface area contributed by atoms with Gasteiger partial charge in [0.1, 0.15) is 0 Å². The van der Waals surface area contributed by atoms with Crippen LogP contribution >= 0.6 is 24.0 Å².